The Morgan fingerprint density at radius 2 is 1.84 bits per heavy atom. The van der Waals surface area contributed by atoms with Crippen LogP contribution in [0.4, 0.5) is 0 Å². The fourth-order valence-corrected chi connectivity index (χ4v) is 3.85. The molecule has 7 nitrogen and oxygen atoms in total. The Kier molecular flexibility index (Phi) is 6.04. The van der Waals surface area contributed by atoms with Crippen molar-refractivity contribution in [3.05, 3.63) is 69.8 Å². The van der Waals surface area contributed by atoms with Crippen LogP contribution in [0.1, 0.15) is 23.9 Å². The predicted molar refractivity (Wildman–Crippen MR) is 120 cm³/mol. The Labute approximate surface area is 181 Å². The predicted octanol–water partition coefficient (Wildman–Crippen LogP) is 2.65. The quantitative estimate of drug-likeness (QED) is 0.687. The number of aromatic amines is 1. The molecule has 0 saturated carbocycles. The first-order valence-electron chi connectivity index (χ1n) is 10.6. The minimum absolute atomic E-state index is 0.00452. The Morgan fingerprint density at radius 1 is 1.10 bits per heavy atom. The lowest BCUT2D eigenvalue weighted by molar-refractivity contribution is -0.139. The molecule has 1 unspecified atom stereocenters. The second-order valence-corrected chi connectivity index (χ2v) is 8.14. The lowest BCUT2D eigenvalue weighted by atomic mass is 10.1. The number of nitrogens with zero attached hydrogens (tertiary/aromatic N) is 3. The summed E-state index contributed by atoms with van der Waals surface area (Å²) in [5.74, 6) is 1.36. The van der Waals surface area contributed by atoms with E-state index in [0.29, 0.717) is 42.1 Å². The van der Waals surface area contributed by atoms with Crippen molar-refractivity contribution in [2.24, 2.45) is 0 Å². The molecule has 1 saturated heterocycles. The Hall–Kier alpha value is -3.19. The number of hydrogen-bond donors (Lipinski definition) is 1. The van der Waals surface area contributed by atoms with E-state index in [0.717, 1.165) is 18.7 Å². The first-order chi connectivity index (χ1) is 14.9. The van der Waals surface area contributed by atoms with Gasteiger partial charge in [0.1, 0.15) is 11.6 Å². The van der Waals surface area contributed by atoms with Gasteiger partial charge in [0.05, 0.1) is 17.4 Å². The smallest absolute Gasteiger partial charge is 0.263 e. The van der Waals surface area contributed by atoms with E-state index in [1.165, 1.54) is 5.56 Å². The van der Waals surface area contributed by atoms with Crippen molar-refractivity contribution in [3.8, 4) is 5.75 Å². The molecule has 7 heteroatoms. The van der Waals surface area contributed by atoms with Crippen LogP contribution in [0.3, 0.4) is 0 Å². The number of hydrogen-bond acceptors (Lipinski definition) is 5. The topological polar surface area (TPSA) is 78.5 Å². The zero-order chi connectivity index (χ0) is 22.0. The highest BCUT2D eigenvalue weighted by Crippen LogP contribution is 2.19. The highest BCUT2D eigenvalue weighted by atomic mass is 16.5. The lowest BCUT2D eigenvalue weighted by Crippen LogP contribution is -2.51. The van der Waals surface area contributed by atoms with Crippen molar-refractivity contribution >= 4 is 16.8 Å². The number of para-hydroxylation sites is 1. The van der Waals surface area contributed by atoms with E-state index in [-0.39, 0.29) is 11.5 Å². The van der Waals surface area contributed by atoms with Gasteiger partial charge in [-0.3, -0.25) is 14.5 Å². The molecule has 2 heterocycles. The van der Waals surface area contributed by atoms with Gasteiger partial charge in [0.25, 0.3) is 11.5 Å². The zero-order valence-corrected chi connectivity index (χ0v) is 18.2. The third-order valence-corrected chi connectivity index (χ3v) is 5.86. The summed E-state index contributed by atoms with van der Waals surface area (Å²) in [6.45, 7) is 9.12. The van der Waals surface area contributed by atoms with E-state index in [4.69, 9.17) is 4.74 Å². The van der Waals surface area contributed by atoms with Gasteiger partial charge in [-0.2, -0.15) is 0 Å². The molecule has 31 heavy (non-hydrogen) atoms. The van der Waals surface area contributed by atoms with Crippen LogP contribution in [0.5, 0.6) is 5.75 Å². The summed E-state index contributed by atoms with van der Waals surface area (Å²) in [7, 11) is 0. The minimum Gasteiger partial charge on any atom is -0.481 e. The van der Waals surface area contributed by atoms with E-state index in [9.17, 15) is 9.59 Å². The molecule has 1 amide bonds. The van der Waals surface area contributed by atoms with Gasteiger partial charge < -0.3 is 14.6 Å². The van der Waals surface area contributed by atoms with E-state index < -0.39 is 6.10 Å². The molecule has 1 atom stereocenters. The van der Waals surface area contributed by atoms with E-state index in [1.54, 1.807) is 13.0 Å². The number of nitrogens with one attached hydrogen (secondary N) is 1. The number of carbonyl (C=O) groups excluding carboxylic acids is 1. The number of fused-ring (bicyclic) bond motifs is 1. The number of aryl methyl sites for hydroxylation is 2. The number of ether oxygens (including phenoxy) is 1. The summed E-state index contributed by atoms with van der Waals surface area (Å²) in [5, 5.41) is 0.597. The third kappa shape index (κ3) is 4.77. The fourth-order valence-electron chi connectivity index (χ4n) is 3.85. The Balaban J connectivity index is 1.33. The second kappa shape index (κ2) is 8.89. The van der Waals surface area contributed by atoms with Gasteiger partial charge in [0.2, 0.25) is 0 Å². The van der Waals surface area contributed by atoms with E-state index in [1.807, 2.05) is 48.2 Å². The van der Waals surface area contributed by atoms with E-state index >= 15 is 0 Å². The van der Waals surface area contributed by atoms with Crippen LogP contribution in [-0.2, 0) is 11.3 Å². The summed E-state index contributed by atoms with van der Waals surface area (Å²) in [6, 6.07) is 13.2. The molecule has 2 aromatic carbocycles. The molecular formula is C24H28N4O3. The summed E-state index contributed by atoms with van der Waals surface area (Å²) in [4.78, 5) is 36.6. The minimum atomic E-state index is -0.535. The summed E-state index contributed by atoms with van der Waals surface area (Å²) in [5.41, 5.74) is 2.93. The molecule has 162 valence electrons. The molecule has 0 aliphatic carbocycles. The summed E-state index contributed by atoms with van der Waals surface area (Å²) in [6.07, 6.45) is -0.535. The molecule has 3 aromatic rings. The summed E-state index contributed by atoms with van der Waals surface area (Å²) >= 11 is 0. The van der Waals surface area contributed by atoms with Gasteiger partial charge >= 0.3 is 0 Å². The maximum atomic E-state index is 12.8. The monoisotopic (exact) mass is 420 g/mol. The maximum Gasteiger partial charge on any atom is 0.263 e. The van der Waals surface area contributed by atoms with Crippen molar-refractivity contribution in [2.45, 2.75) is 33.4 Å². The van der Waals surface area contributed by atoms with Crippen LogP contribution >= 0.6 is 0 Å². The van der Waals surface area contributed by atoms with Crippen LogP contribution < -0.4 is 10.3 Å². The molecule has 0 bridgehead atoms. The highest BCUT2D eigenvalue weighted by molar-refractivity contribution is 5.81. The standard InChI is InChI=1S/C24H28N4O3/c1-16-8-9-19(14-17(16)2)31-18(3)24(30)28-12-10-27(11-13-28)15-22-25-21-7-5-4-6-20(21)23(29)26-22/h4-9,14,18H,10-13,15H2,1-3H3,(H,25,26,29). The van der Waals surface area contributed by atoms with Crippen molar-refractivity contribution in [1.82, 2.24) is 19.8 Å². The maximum absolute atomic E-state index is 12.8. The largest absolute Gasteiger partial charge is 0.481 e. The van der Waals surface area contributed by atoms with Crippen molar-refractivity contribution in [2.75, 3.05) is 26.2 Å². The fraction of sp³-hybridized carbons (Fsp3) is 0.375. The van der Waals surface area contributed by atoms with Crippen LogP contribution in [0.2, 0.25) is 0 Å². The summed E-state index contributed by atoms with van der Waals surface area (Å²) < 4.78 is 5.89. The van der Waals surface area contributed by atoms with Crippen LogP contribution in [0, 0.1) is 13.8 Å². The number of H-pyrrole nitrogens is 1. The number of rotatable bonds is 5. The lowest BCUT2D eigenvalue weighted by Gasteiger charge is -2.35. The van der Waals surface area contributed by atoms with Gasteiger partial charge in [-0.1, -0.05) is 18.2 Å². The number of carbonyl (C=O) groups is 1. The van der Waals surface area contributed by atoms with Gasteiger partial charge in [0.15, 0.2) is 6.10 Å². The van der Waals surface area contributed by atoms with Gasteiger partial charge in [-0.05, 0) is 56.2 Å². The first-order valence-corrected chi connectivity index (χ1v) is 10.6. The molecule has 1 aliphatic heterocycles. The number of piperazine rings is 1. The highest BCUT2D eigenvalue weighted by Gasteiger charge is 2.26. The molecule has 0 spiro atoms. The number of amides is 1. The second-order valence-electron chi connectivity index (χ2n) is 8.14. The van der Waals surface area contributed by atoms with Gasteiger partial charge in [-0.25, -0.2) is 4.98 Å². The third-order valence-electron chi connectivity index (χ3n) is 5.86. The van der Waals surface area contributed by atoms with Crippen LogP contribution in [0.15, 0.2) is 47.3 Å². The first kappa shape index (κ1) is 21.1. The molecule has 1 N–H and O–H groups in total. The van der Waals surface area contributed by atoms with Gasteiger partial charge in [-0.15, -0.1) is 0 Å². The van der Waals surface area contributed by atoms with Gasteiger partial charge in [0, 0.05) is 26.2 Å². The zero-order valence-electron chi connectivity index (χ0n) is 18.2. The molecule has 1 fully saturated rings. The van der Waals surface area contributed by atoms with Crippen molar-refractivity contribution in [3.63, 3.8) is 0 Å². The molecular weight excluding hydrogens is 392 g/mol. The van der Waals surface area contributed by atoms with Crippen LogP contribution in [0.25, 0.3) is 10.9 Å². The van der Waals surface area contributed by atoms with E-state index in [2.05, 4.69) is 21.8 Å². The Morgan fingerprint density at radius 3 is 2.58 bits per heavy atom. The average Bonchev–Trinajstić information content (AvgIpc) is 2.76. The number of benzene rings is 2. The SMILES string of the molecule is Cc1ccc(OC(C)C(=O)N2CCN(Cc3nc4ccccc4c(=O)[nH]3)CC2)cc1C. The van der Waals surface area contributed by atoms with Crippen molar-refractivity contribution < 1.29 is 9.53 Å². The molecule has 0 radical (unpaired) electrons. The average molecular weight is 421 g/mol. The number of aromatic nitrogens is 2. The van der Waals surface area contributed by atoms with Crippen LogP contribution in [-0.4, -0.2) is 58.0 Å². The van der Waals surface area contributed by atoms with Crippen molar-refractivity contribution in [1.29, 1.82) is 0 Å². The molecule has 4 rings (SSSR count). The molecule has 1 aliphatic rings. The molecule has 1 aromatic heterocycles. The Bertz CT molecular complexity index is 1150. The normalized spacial score (nSPS) is 15.8.